The van der Waals surface area contributed by atoms with E-state index in [9.17, 15) is 0 Å². The molecule has 0 saturated heterocycles. The van der Waals surface area contributed by atoms with Crippen molar-refractivity contribution in [3.8, 4) is 0 Å². The molecule has 2 unspecified atom stereocenters. The highest BCUT2D eigenvalue weighted by Gasteiger charge is 2.05. The molecule has 68 valence electrons. The highest BCUT2D eigenvalue weighted by atomic mass is 14.7. The van der Waals surface area contributed by atoms with Gasteiger partial charge in [0.15, 0.2) is 0 Å². The molecule has 0 aromatic carbocycles. The maximum atomic E-state index is 5.84. The average molecular weight is 158 g/mol. The highest BCUT2D eigenvalue weighted by molar-refractivity contribution is 4.67. The van der Waals surface area contributed by atoms with Gasteiger partial charge in [-0.05, 0) is 32.1 Å². The molecule has 0 saturated carbocycles. The van der Waals surface area contributed by atoms with E-state index in [0.717, 1.165) is 18.8 Å². The molecule has 2 nitrogen and oxygen atoms in total. The van der Waals surface area contributed by atoms with Crippen molar-refractivity contribution in [2.45, 2.75) is 52.1 Å². The molecule has 0 heterocycles. The lowest BCUT2D eigenvalue weighted by atomic mass is 10.00. The van der Waals surface area contributed by atoms with E-state index >= 15 is 0 Å². The molecular formula is C9H22N2. The molecule has 0 fully saturated rings. The van der Waals surface area contributed by atoms with Crippen LogP contribution in [-0.4, -0.2) is 12.1 Å². The maximum absolute atomic E-state index is 5.84. The Hall–Kier alpha value is -0.0800. The minimum absolute atomic E-state index is 0.247. The van der Waals surface area contributed by atoms with E-state index < -0.39 is 0 Å². The summed E-state index contributed by atoms with van der Waals surface area (Å²) in [6, 6.07) is 0.551. The summed E-state index contributed by atoms with van der Waals surface area (Å²) in [5.74, 6) is 0.758. The van der Waals surface area contributed by atoms with Gasteiger partial charge >= 0.3 is 0 Å². The Labute approximate surface area is 70.3 Å². The first-order valence-electron chi connectivity index (χ1n) is 4.53. The lowest BCUT2D eigenvalue weighted by Crippen LogP contribution is -2.29. The van der Waals surface area contributed by atoms with E-state index in [1.165, 1.54) is 6.42 Å². The third kappa shape index (κ3) is 7.82. The van der Waals surface area contributed by atoms with Gasteiger partial charge < -0.3 is 11.5 Å². The summed E-state index contributed by atoms with van der Waals surface area (Å²) >= 11 is 0. The third-order valence-corrected chi connectivity index (χ3v) is 1.79. The topological polar surface area (TPSA) is 52.0 Å². The number of hydrogen-bond acceptors (Lipinski definition) is 2. The average Bonchev–Trinajstić information content (AvgIpc) is 1.82. The zero-order chi connectivity index (χ0) is 8.85. The predicted octanol–water partition coefficient (Wildman–Crippen LogP) is 1.49. The maximum Gasteiger partial charge on any atom is 0.00535 e. The summed E-state index contributed by atoms with van der Waals surface area (Å²) in [6.45, 7) is 6.45. The fourth-order valence-corrected chi connectivity index (χ4v) is 1.14. The Morgan fingerprint density at radius 2 is 1.55 bits per heavy atom. The second kappa shape index (κ2) is 5.56. The molecule has 0 aromatic rings. The molecular weight excluding hydrogens is 136 g/mol. The van der Waals surface area contributed by atoms with E-state index in [1.54, 1.807) is 0 Å². The molecule has 2 atom stereocenters. The van der Waals surface area contributed by atoms with Crippen LogP contribution in [0.3, 0.4) is 0 Å². The van der Waals surface area contributed by atoms with E-state index in [-0.39, 0.29) is 6.04 Å². The van der Waals surface area contributed by atoms with Crippen molar-refractivity contribution in [2.24, 2.45) is 17.4 Å². The summed E-state index contributed by atoms with van der Waals surface area (Å²) in [6.07, 6.45) is 3.28. The Bertz CT molecular complexity index is 89.6. The second-order valence-corrected chi connectivity index (χ2v) is 3.94. The molecule has 0 radical (unpaired) electrons. The number of hydrogen-bond donors (Lipinski definition) is 2. The first kappa shape index (κ1) is 10.9. The van der Waals surface area contributed by atoms with Crippen LogP contribution in [0.1, 0.15) is 40.0 Å². The minimum Gasteiger partial charge on any atom is -0.328 e. The van der Waals surface area contributed by atoms with Crippen molar-refractivity contribution in [2.75, 3.05) is 0 Å². The van der Waals surface area contributed by atoms with Gasteiger partial charge in [-0.15, -0.1) is 0 Å². The number of rotatable bonds is 5. The molecule has 0 aliphatic heterocycles. The molecule has 0 spiro atoms. The van der Waals surface area contributed by atoms with E-state index in [1.807, 2.05) is 6.92 Å². The molecule has 0 aliphatic rings. The first-order chi connectivity index (χ1) is 5.02. The Morgan fingerprint density at radius 3 is 1.91 bits per heavy atom. The van der Waals surface area contributed by atoms with Gasteiger partial charge in [-0.2, -0.15) is 0 Å². The molecule has 0 rings (SSSR count). The van der Waals surface area contributed by atoms with Crippen LogP contribution in [-0.2, 0) is 0 Å². The van der Waals surface area contributed by atoms with E-state index in [2.05, 4.69) is 13.8 Å². The quantitative estimate of drug-likeness (QED) is 0.637. The molecule has 4 N–H and O–H groups in total. The monoisotopic (exact) mass is 158 g/mol. The summed E-state index contributed by atoms with van der Waals surface area (Å²) < 4.78 is 0. The lowest BCUT2D eigenvalue weighted by molar-refractivity contribution is 0.456. The molecule has 0 aliphatic carbocycles. The van der Waals surface area contributed by atoms with Crippen molar-refractivity contribution >= 4 is 0 Å². The van der Waals surface area contributed by atoms with Gasteiger partial charge in [0.2, 0.25) is 0 Å². The highest BCUT2D eigenvalue weighted by Crippen LogP contribution is 2.08. The third-order valence-electron chi connectivity index (χ3n) is 1.79. The van der Waals surface area contributed by atoms with Crippen LogP contribution in [0.5, 0.6) is 0 Å². The van der Waals surface area contributed by atoms with Crippen LogP contribution >= 0.6 is 0 Å². The summed E-state index contributed by atoms with van der Waals surface area (Å²) in [5, 5.41) is 0. The van der Waals surface area contributed by atoms with Crippen molar-refractivity contribution in [1.29, 1.82) is 0 Å². The van der Waals surface area contributed by atoms with Crippen LogP contribution in [0, 0.1) is 5.92 Å². The van der Waals surface area contributed by atoms with E-state index in [0.29, 0.717) is 6.04 Å². The Kier molecular flexibility index (Phi) is 5.51. The van der Waals surface area contributed by atoms with Crippen molar-refractivity contribution in [3.63, 3.8) is 0 Å². The Morgan fingerprint density at radius 1 is 1.00 bits per heavy atom. The normalized spacial score (nSPS) is 16.9. The van der Waals surface area contributed by atoms with Gasteiger partial charge in [0.25, 0.3) is 0 Å². The van der Waals surface area contributed by atoms with Gasteiger partial charge in [-0.3, -0.25) is 0 Å². The zero-order valence-corrected chi connectivity index (χ0v) is 8.01. The zero-order valence-electron chi connectivity index (χ0n) is 8.01. The van der Waals surface area contributed by atoms with Crippen LogP contribution in [0.15, 0.2) is 0 Å². The number of nitrogens with two attached hydrogens (primary N) is 2. The SMILES string of the molecule is CC(C)CCC(N)CC(C)N. The molecule has 11 heavy (non-hydrogen) atoms. The molecule has 0 amide bonds. The fraction of sp³-hybridized carbons (Fsp3) is 1.00. The van der Waals surface area contributed by atoms with E-state index in [4.69, 9.17) is 11.5 Å². The molecule has 2 heteroatoms. The van der Waals surface area contributed by atoms with Crippen molar-refractivity contribution < 1.29 is 0 Å². The molecule has 0 aromatic heterocycles. The predicted molar refractivity (Wildman–Crippen MR) is 50.3 cm³/mol. The first-order valence-corrected chi connectivity index (χ1v) is 4.53. The Balaban J connectivity index is 3.29. The summed E-state index contributed by atoms with van der Waals surface area (Å²) in [5.41, 5.74) is 11.5. The van der Waals surface area contributed by atoms with Crippen molar-refractivity contribution in [1.82, 2.24) is 0 Å². The van der Waals surface area contributed by atoms with Gasteiger partial charge in [0.05, 0.1) is 0 Å². The van der Waals surface area contributed by atoms with Gasteiger partial charge in [-0.1, -0.05) is 13.8 Å². The van der Waals surface area contributed by atoms with Crippen LogP contribution in [0.25, 0.3) is 0 Å². The van der Waals surface area contributed by atoms with Gasteiger partial charge in [0, 0.05) is 12.1 Å². The second-order valence-electron chi connectivity index (χ2n) is 3.94. The minimum atomic E-state index is 0.247. The van der Waals surface area contributed by atoms with Crippen LogP contribution in [0.2, 0.25) is 0 Å². The smallest absolute Gasteiger partial charge is 0.00535 e. The fourth-order valence-electron chi connectivity index (χ4n) is 1.14. The summed E-state index contributed by atoms with van der Waals surface area (Å²) in [4.78, 5) is 0. The molecule has 0 bridgehead atoms. The summed E-state index contributed by atoms with van der Waals surface area (Å²) in [7, 11) is 0. The van der Waals surface area contributed by atoms with Crippen molar-refractivity contribution in [3.05, 3.63) is 0 Å². The lowest BCUT2D eigenvalue weighted by Gasteiger charge is -2.14. The van der Waals surface area contributed by atoms with Gasteiger partial charge in [-0.25, -0.2) is 0 Å². The van der Waals surface area contributed by atoms with Gasteiger partial charge in [0.1, 0.15) is 0 Å². The van der Waals surface area contributed by atoms with Crippen LogP contribution in [0.4, 0.5) is 0 Å². The standard InChI is InChI=1S/C9H22N2/c1-7(2)4-5-9(11)6-8(3)10/h7-9H,4-6,10-11H2,1-3H3. The largest absolute Gasteiger partial charge is 0.328 e. The van der Waals surface area contributed by atoms with Crippen LogP contribution < -0.4 is 11.5 Å².